The van der Waals surface area contributed by atoms with Gasteiger partial charge in [-0.3, -0.25) is 13.9 Å². The van der Waals surface area contributed by atoms with Crippen LogP contribution in [0.3, 0.4) is 0 Å². The molecule has 2 aromatic rings. The predicted molar refractivity (Wildman–Crippen MR) is 156 cm³/mol. The summed E-state index contributed by atoms with van der Waals surface area (Å²) in [7, 11) is -3.57. The third-order valence-corrected chi connectivity index (χ3v) is 8.39. The van der Waals surface area contributed by atoms with Gasteiger partial charge in [0.2, 0.25) is 21.8 Å². The normalized spacial score (nSPS) is 14.6. The van der Waals surface area contributed by atoms with E-state index in [4.69, 9.17) is 16.3 Å². The molecule has 1 atom stereocenters. The van der Waals surface area contributed by atoms with Crippen molar-refractivity contribution in [2.75, 3.05) is 23.7 Å². The maximum atomic E-state index is 13.6. The molecule has 0 unspecified atom stereocenters. The van der Waals surface area contributed by atoms with Crippen LogP contribution in [0.25, 0.3) is 0 Å². The molecule has 0 bridgehead atoms. The van der Waals surface area contributed by atoms with Crippen LogP contribution in [0.4, 0.5) is 5.69 Å². The fourth-order valence-corrected chi connectivity index (χ4v) is 6.04. The highest BCUT2D eigenvalue weighted by molar-refractivity contribution is 7.92. The van der Waals surface area contributed by atoms with Gasteiger partial charge in [-0.15, -0.1) is 0 Å². The molecule has 1 fully saturated rings. The lowest BCUT2D eigenvalue weighted by Crippen LogP contribution is -2.51. The molecule has 214 valence electrons. The summed E-state index contributed by atoms with van der Waals surface area (Å²) in [5.41, 5.74) is 1.38. The number of carbonyl (C=O) groups is 2. The van der Waals surface area contributed by atoms with Gasteiger partial charge in [0, 0.05) is 30.6 Å². The van der Waals surface area contributed by atoms with Gasteiger partial charge in [0.25, 0.3) is 0 Å². The van der Waals surface area contributed by atoms with Gasteiger partial charge >= 0.3 is 0 Å². The predicted octanol–water partition coefficient (Wildman–Crippen LogP) is 5.15. The zero-order valence-corrected chi connectivity index (χ0v) is 24.6. The van der Waals surface area contributed by atoms with E-state index >= 15 is 0 Å². The number of nitrogens with one attached hydrogen (secondary N) is 1. The highest BCUT2D eigenvalue weighted by atomic mass is 35.5. The van der Waals surface area contributed by atoms with Crippen molar-refractivity contribution in [3.05, 3.63) is 59.1 Å². The highest BCUT2D eigenvalue weighted by Crippen LogP contribution is 2.23. The Morgan fingerprint density at radius 2 is 1.69 bits per heavy atom. The molecule has 1 saturated carbocycles. The molecule has 0 radical (unpaired) electrons. The Labute approximate surface area is 237 Å². The Balaban J connectivity index is 1.73. The van der Waals surface area contributed by atoms with Crippen LogP contribution in [0.2, 0.25) is 5.02 Å². The van der Waals surface area contributed by atoms with E-state index < -0.39 is 16.1 Å². The Kier molecular flexibility index (Phi) is 11.5. The number of amides is 2. The second kappa shape index (κ2) is 14.6. The molecule has 0 heterocycles. The van der Waals surface area contributed by atoms with Crippen molar-refractivity contribution >= 4 is 39.1 Å². The lowest BCUT2D eigenvalue weighted by atomic mass is 10.1. The summed E-state index contributed by atoms with van der Waals surface area (Å²) in [4.78, 5) is 28.5. The molecule has 1 N–H and O–H groups in total. The van der Waals surface area contributed by atoms with Crippen LogP contribution >= 0.6 is 11.6 Å². The minimum atomic E-state index is -3.57. The smallest absolute Gasteiger partial charge is 0.243 e. The van der Waals surface area contributed by atoms with Gasteiger partial charge in [0.15, 0.2) is 0 Å². The van der Waals surface area contributed by atoms with E-state index in [0.717, 1.165) is 37.5 Å². The van der Waals surface area contributed by atoms with Crippen molar-refractivity contribution in [1.82, 2.24) is 10.2 Å². The molecule has 0 saturated heterocycles. The molecule has 3 rings (SSSR count). The number of rotatable bonds is 14. The Morgan fingerprint density at radius 3 is 2.26 bits per heavy atom. The first-order valence-electron chi connectivity index (χ1n) is 13.7. The monoisotopic (exact) mass is 577 g/mol. The quantitative estimate of drug-likeness (QED) is 0.335. The van der Waals surface area contributed by atoms with Crippen LogP contribution in [-0.4, -0.2) is 56.6 Å². The molecular formula is C29H40ClN3O5S. The molecule has 8 nitrogen and oxygen atoms in total. The Bertz CT molecular complexity index is 1180. The first-order valence-corrected chi connectivity index (χ1v) is 15.9. The summed E-state index contributed by atoms with van der Waals surface area (Å²) in [6, 6.07) is 13.6. The van der Waals surface area contributed by atoms with Gasteiger partial charge in [-0.2, -0.15) is 0 Å². The standard InChI is InChI=1S/C29H40ClN3O5S/c1-4-27(29(35)31-24-9-6-7-10-24)32(21-22-12-14-23(30)15-13-22)28(34)11-8-20-33(39(3,36)37)25-16-18-26(19-17-25)38-5-2/h12-19,24,27H,4-11,20-21H2,1-3H3,(H,31,35)/t27-/m0/s1. The zero-order chi connectivity index (χ0) is 28.4. The molecule has 0 aromatic heterocycles. The third kappa shape index (κ3) is 9.14. The molecule has 1 aliphatic carbocycles. The second-order valence-corrected chi connectivity index (χ2v) is 12.3. The number of carbonyl (C=O) groups excluding carboxylic acids is 2. The minimum Gasteiger partial charge on any atom is -0.494 e. The number of ether oxygens (including phenoxy) is 1. The molecule has 2 amide bonds. The van der Waals surface area contributed by atoms with Crippen molar-refractivity contribution < 1.29 is 22.7 Å². The summed E-state index contributed by atoms with van der Waals surface area (Å²) in [6.45, 7) is 4.70. The number of benzene rings is 2. The summed E-state index contributed by atoms with van der Waals surface area (Å²) < 4.78 is 31.9. The topological polar surface area (TPSA) is 96.0 Å². The fourth-order valence-electron chi connectivity index (χ4n) is 4.95. The largest absolute Gasteiger partial charge is 0.494 e. The van der Waals surface area contributed by atoms with E-state index in [2.05, 4.69) is 5.32 Å². The molecule has 39 heavy (non-hydrogen) atoms. The Morgan fingerprint density at radius 1 is 1.05 bits per heavy atom. The lowest BCUT2D eigenvalue weighted by molar-refractivity contribution is -0.141. The van der Waals surface area contributed by atoms with Crippen LogP contribution < -0.4 is 14.4 Å². The number of hydrogen-bond donors (Lipinski definition) is 1. The van der Waals surface area contributed by atoms with E-state index in [1.54, 1.807) is 41.3 Å². The van der Waals surface area contributed by atoms with Crippen molar-refractivity contribution in [1.29, 1.82) is 0 Å². The second-order valence-electron chi connectivity index (χ2n) is 9.93. The lowest BCUT2D eigenvalue weighted by Gasteiger charge is -2.32. The molecule has 10 heteroatoms. The number of anilines is 1. The van der Waals surface area contributed by atoms with Crippen molar-refractivity contribution in [3.63, 3.8) is 0 Å². The highest BCUT2D eigenvalue weighted by Gasteiger charge is 2.30. The van der Waals surface area contributed by atoms with E-state index in [9.17, 15) is 18.0 Å². The average Bonchev–Trinajstić information content (AvgIpc) is 3.40. The molecule has 0 aliphatic heterocycles. The van der Waals surface area contributed by atoms with Crippen LogP contribution in [0.5, 0.6) is 5.75 Å². The number of sulfonamides is 1. The van der Waals surface area contributed by atoms with Gasteiger partial charge in [-0.05, 0) is 74.6 Å². The zero-order valence-electron chi connectivity index (χ0n) is 23.1. The van der Waals surface area contributed by atoms with Crippen LogP contribution in [0, 0.1) is 0 Å². The van der Waals surface area contributed by atoms with Gasteiger partial charge in [0.1, 0.15) is 11.8 Å². The van der Waals surface area contributed by atoms with Crippen molar-refractivity contribution in [3.8, 4) is 5.75 Å². The summed E-state index contributed by atoms with van der Waals surface area (Å²) in [6.07, 6.45) is 6.14. The summed E-state index contributed by atoms with van der Waals surface area (Å²) in [5, 5.41) is 3.73. The molecule has 1 aliphatic rings. The number of nitrogens with zero attached hydrogens (tertiary/aromatic N) is 2. The molecule has 2 aromatic carbocycles. The maximum absolute atomic E-state index is 13.6. The SMILES string of the molecule is CCOc1ccc(N(CCCC(=O)N(Cc2ccc(Cl)cc2)[C@@H](CC)C(=O)NC2CCCC2)S(C)(=O)=O)cc1. The van der Waals surface area contributed by atoms with Crippen LogP contribution in [0.1, 0.15) is 64.4 Å². The molecule has 0 spiro atoms. The maximum Gasteiger partial charge on any atom is 0.243 e. The van der Waals surface area contributed by atoms with E-state index in [-0.39, 0.29) is 37.4 Å². The van der Waals surface area contributed by atoms with E-state index in [1.165, 1.54) is 4.31 Å². The van der Waals surface area contributed by atoms with Gasteiger partial charge in [0.05, 0.1) is 18.6 Å². The molecular weight excluding hydrogens is 538 g/mol. The van der Waals surface area contributed by atoms with Crippen LogP contribution in [0.15, 0.2) is 48.5 Å². The fraction of sp³-hybridized carbons (Fsp3) is 0.517. The van der Waals surface area contributed by atoms with Crippen molar-refractivity contribution in [2.45, 2.75) is 77.4 Å². The average molecular weight is 578 g/mol. The van der Waals surface area contributed by atoms with E-state index in [0.29, 0.717) is 35.9 Å². The summed E-state index contributed by atoms with van der Waals surface area (Å²) in [5.74, 6) is 0.321. The number of hydrogen-bond acceptors (Lipinski definition) is 5. The third-order valence-electron chi connectivity index (χ3n) is 6.94. The van der Waals surface area contributed by atoms with Gasteiger partial charge in [-0.1, -0.05) is 43.5 Å². The Hall–Kier alpha value is -2.78. The van der Waals surface area contributed by atoms with Crippen molar-refractivity contribution in [2.24, 2.45) is 0 Å². The van der Waals surface area contributed by atoms with Gasteiger partial charge in [-0.25, -0.2) is 8.42 Å². The van der Waals surface area contributed by atoms with Crippen LogP contribution in [-0.2, 0) is 26.2 Å². The first-order chi connectivity index (χ1) is 18.6. The van der Waals surface area contributed by atoms with Gasteiger partial charge < -0.3 is 15.0 Å². The minimum absolute atomic E-state index is 0.101. The summed E-state index contributed by atoms with van der Waals surface area (Å²) >= 11 is 6.05. The van der Waals surface area contributed by atoms with E-state index in [1.807, 2.05) is 26.0 Å². The number of halogens is 1. The first kappa shape index (κ1) is 30.8.